The molecule has 0 aliphatic heterocycles. The topological polar surface area (TPSA) is 70.0 Å². The van der Waals surface area contributed by atoms with E-state index in [1.165, 1.54) is 19.1 Å². The molecule has 68 valence electrons. The average Bonchev–Trinajstić information content (AvgIpc) is 2.03. The van der Waals surface area contributed by atoms with Gasteiger partial charge in [0, 0.05) is 11.6 Å². The first-order chi connectivity index (χ1) is 5.97. The highest BCUT2D eigenvalue weighted by atomic mass is 19.1. The van der Waals surface area contributed by atoms with E-state index in [-0.39, 0.29) is 11.3 Å². The molecule has 0 bridgehead atoms. The van der Waals surface area contributed by atoms with Crippen LogP contribution >= 0.6 is 0 Å². The molecule has 0 spiro atoms. The van der Waals surface area contributed by atoms with Crippen molar-refractivity contribution in [1.82, 2.24) is 0 Å². The number of nitrogens with zero attached hydrogens (tertiary/aromatic N) is 1. The van der Waals surface area contributed by atoms with Crippen LogP contribution in [0.1, 0.15) is 12.5 Å². The maximum Gasteiger partial charge on any atom is 0.133 e. The van der Waals surface area contributed by atoms with Crippen LogP contribution in [0.25, 0.3) is 0 Å². The zero-order chi connectivity index (χ0) is 10.1. The molecule has 0 fully saturated rings. The number of benzene rings is 1. The Kier molecular flexibility index (Phi) is 2.22. The highest BCUT2D eigenvalue weighted by Gasteiger charge is 2.24. The third-order valence-corrected chi connectivity index (χ3v) is 1.74. The molecule has 0 radical (unpaired) electrons. The second-order valence-corrected chi connectivity index (χ2v) is 2.98. The fourth-order valence-corrected chi connectivity index (χ4v) is 0.985. The van der Waals surface area contributed by atoms with E-state index in [1.807, 2.05) is 0 Å². The zero-order valence-corrected chi connectivity index (χ0v) is 7.08. The first-order valence-corrected chi connectivity index (χ1v) is 3.66. The van der Waals surface area contributed by atoms with Gasteiger partial charge in [0.1, 0.15) is 17.1 Å². The van der Waals surface area contributed by atoms with Gasteiger partial charge in [0.05, 0.1) is 6.07 Å². The molecule has 4 heteroatoms. The van der Waals surface area contributed by atoms with Gasteiger partial charge in [-0.3, -0.25) is 0 Å². The molecule has 1 atom stereocenters. The lowest BCUT2D eigenvalue weighted by atomic mass is 9.94. The third kappa shape index (κ3) is 1.76. The van der Waals surface area contributed by atoms with E-state index in [0.717, 1.165) is 6.07 Å². The van der Waals surface area contributed by atoms with Crippen molar-refractivity contribution in [3.8, 4) is 11.8 Å². The lowest BCUT2D eigenvalue weighted by Gasteiger charge is -2.16. The van der Waals surface area contributed by atoms with Crippen LogP contribution in [0.5, 0.6) is 5.75 Å². The third-order valence-electron chi connectivity index (χ3n) is 1.74. The average molecular weight is 180 g/mol. The van der Waals surface area contributed by atoms with Crippen LogP contribution < -0.4 is 5.73 Å². The fraction of sp³-hybridized carbons (Fsp3) is 0.222. The fourth-order valence-electron chi connectivity index (χ4n) is 0.985. The van der Waals surface area contributed by atoms with Crippen molar-refractivity contribution in [3.05, 3.63) is 29.6 Å². The van der Waals surface area contributed by atoms with Crippen molar-refractivity contribution in [2.75, 3.05) is 0 Å². The summed E-state index contributed by atoms with van der Waals surface area (Å²) in [6.07, 6.45) is 0. The van der Waals surface area contributed by atoms with Crippen LogP contribution in [-0.4, -0.2) is 5.11 Å². The molecule has 0 unspecified atom stereocenters. The molecule has 1 aromatic rings. The molecule has 0 saturated heterocycles. The van der Waals surface area contributed by atoms with Gasteiger partial charge in [-0.2, -0.15) is 5.26 Å². The largest absolute Gasteiger partial charge is 0.508 e. The summed E-state index contributed by atoms with van der Waals surface area (Å²) in [6, 6.07) is 5.29. The van der Waals surface area contributed by atoms with Crippen molar-refractivity contribution in [1.29, 1.82) is 5.26 Å². The Balaban J connectivity index is 3.26. The molecule has 0 aromatic heterocycles. The molecule has 1 aromatic carbocycles. The molecule has 3 nitrogen and oxygen atoms in total. The number of phenols is 1. The van der Waals surface area contributed by atoms with E-state index in [0.29, 0.717) is 0 Å². The van der Waals surface area contributed by atoms with E-state index in [2.05, 4.69) is 0 Å². The highest BCUT2D eigenvalue weighted by molar-refractivity contribution is 5.35. The van der Waals surface area contributed by atoms with Gasteiger partial charge in [0.15, 0.2) is 0 Å². The second-order valence-electron chi connectivity index (χ2n) is 2.98. The van der Waals surface area contributed by atoms with E-state index < -0.39 is 11.4 Å². The van der Waals surface area contributed by atoms with Crippen molar-refractivity contribution in [2.45, 2.75) is 12.5 Å². The van der Waals surface area contributed by atoms with E-state index in [1.54, 1.807) is 6.07 Å². The quantitative estimate of drug-likeness (QED) is 0.682. The molecule has 0 aliphatic rings. The van der Waals surface area contributed by atoms with Gasteiger partial charge >= 0.3 is 0 Å². The van der Waals surface area contributed by atoms with E-state index in [9.17, 15) is 4.39 Å². The zero-order valence-electron chi connectivity index (χ0n) is 7.08. The summed E-state index contributed by atoms with van der Waals surface area (Å²) >= 11 is 0. The first kappa shape index (κ1) is 9.49. The predicted molar refractivity (Wildman–Crippen MR) is 45.2 cm³/mol. The number of nitriles is 1. The first-order valence-electron chi connectivity index (χ1n) is 3.66. The van der Waals surface area contributed by atoms with Crippen LogP contribution in [0.2, 0.25) is 0 Å². The lowest BCUT2D eigenvalue weighted by molar-refractivity contribution is 0.464. The Morgan fingerprint density at radius 1 is 1.62 bits per heavy atom. The van der Waals surface area contributed by atoms with Crippen molar-refractivity contribution in [3.63, 3.8) is 0 Å². The monoisotopic (exact) mass is 180 g/mol. The summed E-state index contributed by atoms with van der Waals surface area (Å²) in [5, 5.41) is 17.5. The number of hydrogen-bond donors (Lipinski definition) is 2. The maximum absolute atomic E-state index is 13.1. The second kappa shape index (κ2) is 3.04. The van der Waals surface area contributed by atoms with Gasteiger partial charge in [-0.25, -0.2) is 4.39 Å². The Morgan fingerprint density at radius 3 is 2.69 bits per heavy atom. The molecule has 3 N–H and O–H groups in total. The van der Waals surface area contributed by atoms with Crippen LogP contribution in [0.15, 0.2) is 18.2 Å². The normalized spacial score (nSPS) is 14.6. The number of phenolic OH excluding ortho intramolecular Hbond substituents is 1. The van der Waals surface area contributed by atoms with E-state index in [4.69, 9.17) is 16.1 Å². The van der Waals surface area contributed by atoms with Crippen LogP contribution in [0.4, 0.5) is 4.39 Å². The van der Waals surface area contributed by atoms with Crippen LogP contribution in [0.3, 0.4) is 0 Å². The summed E-state index contributed by atoms with van der Waals surface area (Å²) < 4.78 is 13.1. The van der Waals surface area contributed by atoms with Gasteiger partial charge in [0.2, 0.25) is 0 Å². The summed E-state index contributed by atoms with van der Waals surface area (Å²) in [7, 11) is 0. The minimum atomic E-state index is -1.36. The molecular weight excluding hydrogens is 171 g/mol. The van der Waals surface area contributed by atoms with E-state index >= 15 is 0 Å². The van der Waals surface area contributed by atoms with Crippen molar-refractivity contribution >= 4 is 0 Å². The minimum Gasteiger partial charge on any atom is -0.508 e. The minimum absolute atomic E-state index is 0.0767. The number of nitrogens with two attached hydrogens (primary N) is 1. The standard InChI is InChI=1S/C9H9FN2O/c1-9(12,5-11)7-3-2-6(13)4-8(7)10/h2-4,13H,12H2,1H3/t9-/m1/s1. The summed E-state index contributed by atoms with van der Waals surface area (Å²) in [5.74, 6) is -0.860. The van der Waals surface area contributed by atoms with Gasteiger partial charge in [-0.15, -0.1) is 0 Å². The highest BCUT2D eigenvalue weighted by Crippen LogP contribution is 2.23. The number of hydrogen-bond acceptors (Lipinski definition) is 3. The smallest absolute Gasteiger partial charge is 0.133 e. The lowest BCUT2D eigenvalue weighted by Crippen LogP contribution is -2.31. The summed E-state index contributed by atoms with van der Waals surface area (Å²) in [5.41, 5.74) is 4.22. The Bertz CT molecular complexity index is 368. The van der Waals surface area contributed by atoms with Gasteiger partial charge in [-0.05, 0) is 19.1 Å². The number of halogens is 1. The summed E-state index contributed by atoms with van der Waals surface area (Å²) in [4.78, 5) is 0. The van der Waals surface area contributed by atoms with Crippen molar-refractivity contribution in [2.24, 2.45) is 5.73 Å². The van der Waals surface area contributed by atoms with Gasteiger partial charge < -0.3 is 10.8 Å². The molecule has 13 heavy (non-hydrogen) atoms. The Morgan fingerprint density at radius 2 is 2.23 bits per heavy atom. The van der Waals surface area contributed by atoms with Crippen molar-refractivity contribution < 1.29 is 9.50 Å². The SMILES string of the molecule is C[C@@](N)(C#N)c1ccc(O)cc1F. The molecule has 1 rings (SSSR count). The Hall–Kier alpha value is -1.60. The maximum atomic E-state index is 13.1. The molecule has 0 saturated carbocycles. The number of aromatic hydroxyl groups is 1. The molecule has 0 amide bonds. The number of rotatable bonds is 1. The molecule has 0 aliphatic carbocycles. The predicted octanol–water partition coefficient (Wildman–Crippen LogP) is 1.23. The molecule has 0 heterocycles. The Labute approximate surface area is 75.2 Å². The van der Waals surface area contributed by atoms with Gasteiger partial charge in [-0.1, -0.05) is 0 Å². The molecular formula is C9H9FN2O. The van der Waals surface area contributed by atoms with Gasteiger partial charge in [0.25, 0.3) is 0 Å². The van der Waals surface area contributed by atoms with Crippen LogP contribution in [-0.2, 0) is 5.54 Å². The van der Waals surface area contributed by atoms with Crippen LogP contribution in [0, 0.1) is 17.1 Å². The summed E-state index contributed by atoms with van der Waals surface area (Å²) in [6.45, 7) is 1.41.